The highest BCUT2D eigenvalue weighted by atomic mass is 35.5. The van der Waals surface area contributed by atoms with Gasteiger partial charge in [0.1, 0.15) is 5.69 Å². The van der Waals surface area contributed by atoms with Crippen LogP contribution in [-0.4, -0.2) is 12.1 Å². The first-order valence-corrected chi connectivity index (χ1v) is 4.19. The molecular weight excluding hydrogens is 214 g/mol. The number of methoxy groups -OCH3 is 1. The Labute approximate surface area is 84.8 Å². The second-order valence-corrected chi connectivity index (χ2v) is 2.89. The average molecular weight is 223 g/mol. The van der Waals surface area contributed by atoms with Gasteiger partial charge in [0.25, 0.3) is 6.43 Å². The molecule has 0 fully saturated rings. The maximum atomic E-state index is 12.3. The molecule has 0 bridgehead atoms. The van der Waals surface area contributed by atoms with E-state index in [9.17, 15) is 8.78 Å². The van der Waals surface area contributed by atoms with Crippen molar-refractivity contribution in [2.24, 2.45) is 5.73 Å². The van der Waals surface area contributed by atoms with Gasteiger partial charge < -0.3 is 10.5 Å². The van der Waals surface area contributed by atoms with Gasteiger partial charge in [-0.1, -0.05) is 11.6 Å². The summed E-state index contributed by atoms with van der Waals surface area (Å²) in [6.07, 6.45) is -2.66. The molecule has 0 aliphatic carbocycles. The molecular formula is C8H9ClF2N2O. The van der Waals surface area contributed by atoms with E-state index in [1.54, 1.807) is 0 Å². The Kier molecular flexibility index (Phi) is 3.60. The summed E-state index contributed by atoms with van der Waals surface area (Å²) in [7, 11) is 1.38. The first-order chi connectivity index (χ1) is 6.60. The van der Waals surface area contributed by atoms with Gasteiger partial charge in [0.2, 0.25) is 0 Å². The highest BCUT2D eigenvalue weighted by molar-refractivity contribution is 6.31. The monoisotopic (exact) mass is 222 g/mol. The smallest absolute Gasteiger partial charge is 0.280 e. The second-order valence-electron chi connectivity index (χ2n) is 2.54. The quantitative estimate of drug-likeness (QED) is 0.798. The van der Waals surface area contributed by atoms with E-state index in [1.165, 1.54) is 13.2 Å². The number of halogens is 3. The fourth-order valence-electron chi connectivity index (χ4n) is 1.05. The first kappa shape index (κ1) is 11.1. The molecule has 0 unspecified atom stereocenters. The van der Waals surface area contributed by atoms with Gasteiger partial charge in [-0.3, -0.25) is 0 Å². The average Bonchev–Trinajstić information content (AvgIpc) is 2.16. The zero-order valence-electron chi connectivity index (χ0n) is 7.43. The molecule has 1 aromatic rings. The molecule has 0 amide bonds. The number of alkyl halides is 2. The zero-order chi connectivity index (χ0) is 10.7. The van der Waals surface area contributed by atoms with Gasteiger partial charge in [-0.05, 0) is 6.07 Å². The lowest BCUT2D eigenvalue weighted by Crippen LogP contribution is -2.04. The number of pyridine rings is 1. The van der Waals surface area contributed by atoms with Crippen LogP contribution in [0.2, 0.25) is 5.15 Å². The summed E-state index contributed by atoms with van der Waals surface area (Å²) < 4.78 is 29.5. The molecule has 0 saturated heterocycles. The number of nitrogens with two attached hydrogens (primary N) is 1. The predicted octanol–water partition coefficient (Wildman–Crippen LogP) is 2.14. The van der Waals surface area contributed by atoms with Gasteiger partial charge in [-0.2, -0.15) is 0 Å². The van der Waals surface area contributed by atoms with Crippen LogP contribution < -0.4 is 10.5 Å². The van der Waals surface area contributed by atoms with Gasteiger partial charge in [0.15, 0.2) is 10.9 Å². The lowest BCUT2D eigenvalue weighted by Gasteiger charge is -2.09. The van der Waals surface area contributed by atoms with E-state index in [2.05, 4.69) is 4.98 Å². The SMILES string of the molecule is COc1c(CN)cc(C(F)F)nc1Cl. The van der Waals surface area contributed by atoms with E-state index < -0.39 is 12.1 Å². The van der Waals surface area contributed by atoms with Crippen molar-refractivity contribution in [3.8, 4) is 5.75 Å². The van der Waals surface area contributed by atoms with E-state index in [4.69, 9.17) is 22.1 Å². The van der Waals surface area contributed by atoms with Crippen molar-refractivity contribution in [2.45, 2.75) is 13.0 Å². The molecule has 1 heterocycles. The van der Waals surface area contributed by atoms with Crippen molar-refractivity contribution >= 4 is 11.6 Å². The molecule has 0 radical (unpaired) electrons. The zero-order valence-corrected chi connectivity index (χ0v) is 8.18. The maximum Gasteiger partial charge on any atom is 0.280 e. The van der Waals surface area contributed by atoms with Gasteiger partial charge in [-0.25, -0.2) is 13.8 Å². The largest absolute Gasteiger partial charge is 0.493 e. The predicted molar refractivity (Wildman–Crippen MR) is 48.6 cm³/mol. The maximum absolute atomic E-state index is 12.3. The van der Waals surface area contributed by atoms with Crippen LogP contribution in [0.25, 0.3) is 0 Å². The van der Waals surface area contributed by atoms with Crippen molar-refractivity contribution in [3.63, 3.8) is 0 Å². The summed E-state index contributed by atoms with van der Waals surface area (Å²) in [5.74, 6) is 0.249. The van der Waals surface area contributed by atoms with Crippen molar-refractivity contribution in [1.29, 1.82) is 0 Å². The van der Waals surface area contributed by atoms with Gasteiger partial charge in [0.05, 0.1) is 7.11 Å². The van der Waals surface area contributed by atoms with Crippen LogP contribution in [0.1, 0.15) is 17.7 Å². The van der Waals surface area contributed by atoms with E-state index >= 15 is 0 Å². The normalized spacial score (nSPS) is 10.7. The molecule has 2 N–H and O–H groups in total. The summed E-state index contributed by atoms with van der Waals surface area (Å²) in [6.45, 7) is 0.0745. The Morgan fingerprint density at radius 2 is 2.29 bits per heavy atom. The topological polar surface area (TPSA) is 48.1 Å². The third kappa shape index (κ3) is 2.10. The Morgan fingerprint density at radius 3 is 2.71 bits per heavy atom. The third-order valence-corrected chi connectivity index (χ3v) is 1.93. The minimum atomic E-state index is -2.66. The van der Waals surface area contributed by atoms with Gasteiger partial charge in [0, 0.05) is 12.1 Å². The summed E-state index contributed by atoms with van der Waals surface area (Å²) in [4.78, 5) is 3.49. The molecule has 0 saturated carbocycles. The lowest BCUT2D eigenvalue weighted by atomic mass is 10.2. The highest BCUT2D eigenvalue weighted by Crippen LogP contribution is 2.30. The molecule has 3 nitrogen and oxygen atoms in total. The van der Waals surface area contributed by atoms with Crippen LogP contribution in [0.15, 0.2) is 6.07 Å². The van der Waals surface area contributed by atoms with Crippen molar-refractivity contribution < 1.29 is 13.5 Å². The van der Waals surface area contributed by atoms with Crippen LogP contribution in [0.3, 0.4) is 0 Å². The minimum absolute atomic E-state index is 0.0745. The minimum Gasteiger partial charge on any atom is -0.493 e. The number of nitrogens with zero attached hydrogens (tertiary/aromatic N) is 1. The second kappa shape index (κ2) is 4.52. The molecule has 1 aromatic heterocycles. The third-order valence-electron chi connectivity index (χ3n) is 1.68. The lowest BCUT2D eigenvalue weighted by molar-refractivity contribution is 0.146. The van der Waals surface area contributed by atoms with Crippen molar-refractivity contribution in [2.75, 3.05) is 7.11 Å². The molecule has 0 aliphatic heterocycles. The Hall–Kier alpha value is -0.940. The van der Waals surface area contributed by atoms with Gasteiger partial charge >= 0.3 is 0 Å². The summed E-state index contributed by atoms with van der Waals surface area (Å²) in [5, 5.41) is -0.0919. The summed E-state index contributed by atoms with van der Waals surface area (Å²) in [5.41, 5.74) is 5.38. The highest BCUT2D eigenvalue weighted by Gasteiger charge is 2.16. The Bertz CT molecular complexity index is 333. The standard InChI is InChI=1S/C8H9ClF2N2O/c1-14-6-4(3-12)2-5(8(10)11)13-7(6)9/h2,8H,3,12H2,1H3. The van der Waals surface area contributed by atoms with Crippen LogP contribution in [0.4, 0.5) is 8.78 Å². The van der Waals surface area contributed by atoms with Crippen LogP contribution >= 0.6 is 11.6 Å². The molecule has 0 atom stereocenters. The number of hydrogen-bond acceptors (Lipinski definition) is 3. The van der Waals surface area contributed by atoms with Crippen LogP contribution in [0, 0.1) is 0 Å². The van der Waals surface area contributed by atoms with Crippen LogP contribution in [0.5, 0.6) is 5.75 Å². The molecule has 0 aliphatic rings. The molecule has 14 heavy (non-hydrogen) atoms. The van der Waals surface area contributed by atoms with E-state index in [-0.39, 0.29) is 17.4 Å². The van der Waals surface area contributed by atoms with E-state index in [0.717, 1.165) is 0 Å². The molecule has 0 aromatic carbocycles. The number of aromatic nitrogens is 1. The fraction of sp³-hybridized carbons (Fsp3) is 0.375. The van der Waals surface area contributed by atoms with E-state index in [0.29, 0.717) is 5.56 Å². The summed E-state index contributed by atoms with van der Waals surface area (Å²) in [6, 6.07) is 1.19. The number of rotatable bonds is 3. The fourth-order valence-corrected chi connectivity index (χ4v) is 1.35. The molecule has 0 spiro atoms. The van der Waals surface area contributed by atoms with Gasteiger partial charge in [-0.15, -0.1) is 0 Å². The molecule has 1 rings (SSSR count). The first-order valence-electron chi connectivity index (χ1n) is 3.81. The molecule has 6 heteroatoms. The number of ether oxygens (including phenoxy) is 1. The number of hydrogen-bond donors (Lipinski definition) is 1. The Balaban J connectivity index is 3.24. The molecule has 78 valence electrons. The van der Waals surface area contributed by atoms with Crippen molar-refractivity contribution in [3.05, 3.63) is 22.5 Å². The Morgan fingerprint density at radius 1 is 1.64 bits per heavy atom. The van der Waals surface area contributed by atoms with Crippen LogP contribution in [-0.2, 0) is 6.54 Å². The van der Waals surface area contributed by atoms with Crippen molar-refractivity contribution in [1.82, 2.24) is 4.98 Å². The summed E-state index contributed by atoms with van der Waals surface area (Å²) >= 11 is 5.63. The van der Waals surface area contributed by atoms with E-state index in [1.807, 2.05) is 0 Å².